The lowest BCUT2D eigenvalue weighted by Crippen LogP contribution is -2.22. The number of fused-ring (bicyclic) bond motifs is 3. The molecule has 0 aliphatic carbocycles. The quantitative estimate of drug-likeness (QED) is 0.916. The zero-order valence-corrected chi connectivity index (χ0v) is 11.9. The molecule has 102 valence electrons. The highest BCUT2D eigenvalue weighted by molar-refractivity contribution is 7.92. The van der Waals surface area contributed by atoms with Crippen molar-refractivity contribution in [2.24, 2.45) is 0 Å². The lowest BCUT2D eigenvalue weighted by Gasteiger charge is -2.10. The van der Waals surface area contributed by atoms with E-state index in [1.54, 1.807) is 26.0 Å². The summed E-state index contributed by atoms with van der Waals surface area (Å²) in [6.45, 7) is 5.04. The first-order valence-corrected chi connectivity index (χ1v) is 8.03. The van der Waals surface area contributed by atoms with E-state index in [9.17, 15) is 8.42 Å². The minimum absolute atomic E-state index is 0.342. The van der Waals surface area contributed by atoms with E-state index in [-0.39, 0.29) is 0 Å². The molecule has 1 aromatic carbocycles. The van der Waals surface area contributed by atoms with Gasteiger partial charge in [0, 0.05) is 17.0 Å². The highest BCUT2D eigenvalue weighted by atomic mass is 32.2. The molecule has 19 heavy (non-hydrogen) atoms. The van der Waals surface area contributed by atoms with Crippen LogP contribution in [-0.2, 0) is 22.8 Å². The number of rotatable bonds is 2. The second kappa shape index (κ2) is 4.35. The van der Waals surface area contributed by atoms with E-state index in [1.807, 2.05) is 6.07 Å². The average Bonchev–Trinajstić information content (AvgIpc) is 2.75. The smallest absolute Gasteiger partial charge is 0.180 e. The second-order valence-electron chi connectivity index (χ2n) is 5.18. The highest BCUT2D eigenvalue weighted by Crippen LogP contribution is 2.30. The Kier molecular flexibility index (Phi) is 2.91. The maximum atomic E-state index is 12.2. The van der Waals surface area contributed by atoms with Crippen LogP contribution in [0.5, 0.6) is 0 Å². The number of hydrogen-bond acceptors (Lipinski definition) is 4. The van der Waals surface area contributed by atoms with Crippen LogP contribution in [-0.4, -0.2) is 20.2 Å². The van der Waals surface area contributed by atoms with Gasteiger partial charge in [0.2, 0.25) is 0 Å². The Hall–Kier alpha value is -1.33. The zero-order valence-electron chi connectivity index (χ0n) is 11.1. The molecule has 0 fully saturated rings. The van der Waals surface area contributed by atoms with Gasteiger partial charge < -0.3 is 9.73 Å². The molecule has 1 aliphatic heterocycles. The van der Waals surface area contributed by atoms with Gasteiger partial charge in [-0.25, -0.2) is 8.42 Å². The van der Waals surface area contributed by atoms with Crippen molar-refractivity contribution in [3.8, 4) is 0 Å². The molecule has 4 nitrogen and oxygen atoms in total. The second-order valence-corrected chi connectivity index (χ2v) is 7.69. The van der Waals surface area contributed by atoms with Crippen molar-refractivity contribution in [3.63, 3.8) is 0 Å². The summed E-state index contributed by atoms with van der Waals surface area (Å²) >= 11 is 0. The lowest BCUT2D eigenvalue weighted by atomic mass is 10.1. The van der Waals surface area contributed by atoms with Gasteiger partial charge in [0.05, 0.1) is 16.7 Å². The Labute approximate surface area is 112 Å². The van der Waals surface area contributed by atoms with Crippen LogP contribution in [0.25, 0.3) is 11.0 Å². The first-order valence-electron chi connectivity index (χ1n) is 6.49. The van der Waals surface area contributed by atoms with Gasteiger partial charge in [-0.05, 0) is 38.9 Å². The SMILES string of the molecule is CC(C)S(=O)(=O)c1ccc2c3c(oc2c1)CNCC3. The molecule has 1 N–H and O–H groups in total. The van der Waals surface area contributed by atoms with Crippen molar-refractivity contribution < 1.29 is 12.8 Å². The Bertz CT molecular complexity index is 728. The van der Waals surface area contributed by atoms with Gasteiger partial charge in [0.25, 0.3) is 0 Å². The number of furan rings is 1. The molecular weight excluding hydrogens is 262 g/mol. The molecule has 1 aliphatic rings. The van der Waals surface area contributed by atoms with Crippen molar-refractivity contribution >= 4 is 20.8 Å². The number of benzene rings is 1. The van der Waals surface area contributed by atoms with Gasteiger partial charge in [-0.1, -0.05) is 0 Å². The van der Waals surface area contributed by atoms with Gasteiger partial charge in [-0.15, -0.1) is 0 Å². The van der Waals surface area contributed by atoms with Crippen LogP contribution in [0, 0.1) is 0 Å². The van der Waals surface area contributed by atoms with Gasteiger partial charge in [0.1, 0.15) is 11.3 Å². The number of nitrogens with one attached hydrogen (secondary N) is 1. The number of hydrogen-bond donors (Lipinski definition) is 1. The van der Waals surface area contributed by atoms with Gasteiger partial charge in [0.15, 0.2) is 9.84 Å². The molecule has 1 aromatic heterocycles. The first kappa shape index (κ1) is 12.7. The van der Waals surface area contributed by atoms with Gasteiger partial charge in [-0.2, -0.15) is 0 Å². The molecule has 0 unspecified atom stereocenters. The standard InChI is InChI=1S/C14H17NO3S/c1-9(2)19(16,17)10-3-4-11-12-5-6-15-8-14(12)18-13(11)7-10/h3-4,7,9,15H,5-6,8H2,1-2H3. The summed E-state index contributed by atoms with van der Waals surface area (Å²) in [5, 5.41) is 3.87. The van der Waals surface area contributed by atoms with Crippen LogP contribution in [0.4, 0.5) is 0 Å². The summed E-state index contributed by atoms with van der Waals surface area (Å²) in [5.74, 6) is 0.931. The fourth-order valence-corrected chi connectivity index (χ4v) is 3.54. The van der Waals surface area contributed by atoms with Crippen LogP contribution in [0.15, 0.2) is 27.5 Å². The van der Waals surface area contributed by atoms with E-state index in [2.05, 4.69) is 5.32 Å². The molecule has 0 bridgehead atoms. The molecule has 3 rings (SSSR count). The summed E-state index contributed by atoms with van der Waals surface area (Å²) in [4.78, 5) is 0.342. The van der Waals surface area contributed by atoms with Crippen molar-refractivity contribution in [3.05, 3.63) is 29.5 Å². The monoisotopic (exact) mass is 279 g/mol. The summed E-state index contributed by atoms with van der Waals surface area (Å²) in [5.41, 5.74) is 1.89. The lowest BCUT2D eigenvalue weighted by molar-refractivity contribution is 0.487. The third-order valence-corrected chi connectivity index (χ3v) is 5.79. The van der Waals surface area contributed by atoms with Crippen LogP contribution < -0.4 is 5.32 Å². The van der Waals surface area contributed by atoms with Gasteiger partial charge >= 0.3 is 0 Å². The van der Waals surface area contributed by atoms with E-state index in [0.717, 1.165) is 30.7 Å². The van der Waals surface area contributed by atoms with E-state index >= 15 is 0 Å². The summed E-state index contributed by atoms with van der Waals surface area (Å²) < 4.78 is 30.1. The largest absolute Gasteiger partial charge is 0.459 e. The Morgan fingerprint density at radius 2 is 2.11 bits per heavy atom. The third-order valence-electron chi connectivity index (χ3n) is 3.63. The van der Waals surface area contributed by atoms with E-state index in [0.29, 0.717) is 10.5 Å². The normalized spacial score (nSPS) is 15.9. The van der Waals surface area contributed by atoms with Crippen molar-refractivity contribution in [2.75, 3.05) is 6.54 Å². The minimum atomic E-state index is -3.25. The third kappa shape index (κ3) is 1.97. The van der Waals surface area contributed by atoms with Crippen LogP contribution >= 0.6 is 0 Å². The molecular formula is C14H17NO3S. The molecule has 0 saturated carbocycles. The fourth-order valence-electron chi connectivity index (χ4n) is 2.46. The summed E-state index contributed by atoms with van der Waals surface area (Å²) in [6.07, 6.45) is 0.929. The molecule has 2 aromatic rings. The molecule has 2 heterocycles. The zero-order chi connectivity index (χ0) is 13.6. The van der Waals surface area contributed by atoms with Crippen molar-refractivity contribution in [1.82, 2.24) is 5.32 Å². The predicted octanol–water partition coefficient (Wildman–Crippen LogP) is 2.26. The molecule has 0 saturated heterocycles. The predicted molar refractivity (Wildman–Crippen MR) is 73.9 cm³/mol. The fraction of sp³-hybridized carbons (Fsp3) is 0.429. The van der Waals surface area contributed by atoms with E-state index in [1.165, 1.54) is 5.56 Å². The highest BCUT2D eigenvalue weighted by Gasteiger charge is 2.22. The van der Waals surface area contributed by atoms with E-state index in [4.69, 9.17) is 4.42 Å². The van der Waals surface area contributed by atoms with Crippen molar-refractivity contribution in [1.29, 1.82) is 0 Å². The molecule has 0 atom stereocenters. The van der Waals surface area contributed by atoms with Crippen LogP contribution in [0.1, 0.15) is 25.2 Å². The van der Waals surface area contributed by atoms with Crippen molar-refractivity contribution in [2.45, 2.75) is 37.0 Å². The Morgan fingerprint density at radius 3 is 2.84 bits per heavy atom. The molecule has 0 radical (unpaired) electrons. The average molecular weight is 279 g/mol. The molecule has 5 heteroatoms. The van der Waals surface area contributed by atoms with Crippen LogP contribution in [0.2, 0.25) is 0 Å². The minimum Gasteiger partial charge on any atom is -0.459 e. The molecule has 0 amide bonds. The molecule has 0 spiro atoms. The van der Waals surface area contributed by atoms with Crippen LogP contribution in [0.3, 0.4) is 0 Å². The first-order chi connectivity index (χ1) is 9.00. The Morgan fingerprint density at radius 1 is 1.32 bits per heavy atom. The summed E-state index contributed by atoms with van der Waals surface area (Å²) in [6, 6.07) is 5.22. The van der Waals surface area contributed by atoms with Gasteiger partial charge in [-0.3, -0.25) is 0 Å². The Balaban J connectivity index is 2.17. The summed E-state index contributed by atoms with van der Waals surface area (Å²) in [7, 11) is -3.25. The number of sulfone groups is 1. The maximum absolute atomic E-state index is 12.2. The van der Waals surface area contributed by atoms with E-state index < -0.39 is 15.1 Å². The maximum Gasteiger partial charge on any atom is 0.180 e. The topological polar surface area (TPSA) is 59.3 Å².